The third-order valence-corrected chi connectivity index (χ3v) is 3.68. The molecule has 0 aliphatic heterocycles. The number of anilines is 3. The molecule has 0 bridgehead atoms. The number of pyridine rings is 1. The third kappa shape index (κ3) is 4.27. The number of methoxy groups -OCH3 is 1. The predicted molar refractivity (Wildman–Crippen MR) is 102 cm³/mol. The number of nitrogens with one attached hydrogen (secondary N) is 2. The summed E-state index contributed by atoms with van der Waals surface area (Å²) in [6, 6.07) is 9.98. The van der Waals surface area contributed by atoms with Crippen molar-refractivity contribution in [3.8, 4) is 17.0 Å². The minimum Gasteiger partial charge on any atom is -0.496 e. The summed E-state index contributed by atoms with van der Waals surface area (Å²) in [5.41, 5.74) is 1.65. The monoisotopic (exact) mass is 366 g/mol. The molecule has 0 unspecified atom stereocenters. The van der Waals surface area contributed by atoms with Crippen LogP contribution in [0.3, 0.4) is 0 Å². The van der Waals surface area contributed by atoms with Gasteiger partial charge in [-0.2, -0.15) is 4.98 Å². The molecule has 9 nitrogen and oxygen atoms in total. The van der Waals surface area contributed by atoms with Crippen LogP contribution in [0.5, 0.6) is 5.75 Å². The van der Waals surface area contributed by atoms with Crippen LogP contribution in [0.25, 0.3) is 11.3 Å². The van der Waals surface area contributed by atoms with E-state index in [0.717, 1.165) is 5.56 Å². The highest BCUT2D eigenvalue weighted by Crippen LogP contribution is 2.32. The lowest BCUT2D eigenvalue weighted by atomic mass is 10.2. The Kier molecular flexibility index (Phi) is 5.41. The van der Waals surface area contributed by atoms with Gasteiger partial charge in [0.25, 0.3) is 5.69 Å². The highest BCUT2D eigenvalue weighted by Gasteiger charge is 2.17. The summed E-state index contributed by atoms with van der Waals surface area (Å²) >= 11 is 0. The summed E-state index contributed by atoms with van der Waals surface area (Å²) in [7, 11) is 1.46. The number of hydrogen-bond acceptors (Lipinski definition) is 8. The van der Waals surface area contributed by atoms with E-state index in [1.54, 1.807) is 30.6 Å². The van der Waals surface area contributed by atoms with Gasteiger partial charge in [-0.3, -0.25) is 15.1 Å². The number of nitro groups is 1. The van der Waals surface area contributed by atoms with Gasteiger partial charge in [-0.25, -0.2) is 4.98 Å². The van der Waals surface area contributed by atoms with Crippen molar-refractivity contribution in [2.75, 3.05) is 24.3 Å². The van der Waals surface area contributed by atoms with Crippen LogP contribution in [0.4, 0.5) is 23.1 Å². The molecule has 27 heavy (non-hydrogen) atoms. The summed E-state index contributed by atoms with van der Waals surface area (Å²) in [6.07, 6.45) is 3.37. The Morgan fingerprint density at radius 3 is 2.74 bits per heavy atom. The molecular formula is C18H18N6O3. The van der Waals surface area contributed by atoms with E-state index in [9.17, 15) is 10.1 Å². The number of hydrogen-bond donors (Lipinski definition) is 2. The van der Waals surface area contributed by atoms with E-state index in [1.165, 1.54) is 13.2 Å². The van der Waals surface area contributed by atoms with Gasteiger partial charge in [-0.1, -0.05) is 0 Å². The van der Waals surface area contributed by atoms with E-state index in [4.69, 9.17) is 4.74 Å². The highest BCUT2D eigenvalue weighted by atomic mass is 16.6. The van der Waals surface area contributed by atoms with Gasteiger partial charge in [0.15, 0.2) is 0 Å². The SMILES string of the molecule is CCNc1nc(Nc2ccc(OC)cc2[N+](=O)[O-])cc(-c2cccnc2)n1. The van der Waals surface area contributed by atoms with Crippen LogP contribution in [0.15, 0.2) is 48.8 Å². The highest BCUT2D eigenvalue weighted by molar-refractivity contribution is 5.72. The van der Waals surface area contributed by atoms with E-state index in [1.807, 2.05) is 19.1 Å². The Balaban J connectivity index is 2.02. The second-order valence-electron chi connectivity index (χ2n) is 5.50. The van der Waals surface area contributed by atoms with Crippen molar-refractivity contribution >= 4 is 23.1 Å². The maximum absolute atomic E-state index is 11.4. The van der Waals surface area contributed by atoms with Crippen LogP contribution in [-0.4, -0.2) is 33.5 Å². The topological polar surface area (TPSA) is 115 Å². The number of nitrogens with zero attached hydrogens (tertiary/aromatic N) is 4. The quantitative estimate of drug-likeness (QED) is 0.481. The van der Waals surface area contributed by atoms with Crippen LogP contribution in [0.1, 0.15) is 6.92 Å². The molecule has 2 heterocycles. The van der Waals surface area contributed by atoms with Crippen molar-refractivity contribution in [3.63, 3.8) is 0 Å². The molecular weight excluding hydrogens is 348 g/mol. The van der Waals surface area contributed by atoms with Crippen molar-refractivity contribution in [2.45, 2.75) is 6.92 Å². The molecule has 0 saturated heterocycles. The van der Waals surface area contributed by atoms with E-state index >= 15 is 0 Å². The molecule has 1 aromatic carbocycles. The van der Waals surface area contributed by atoms with E-state index in [2.05, 4.69) is 25.6 Å². The van der Waals surface area contributed by atoms with Gasteiger partial charge in [0.05, 0.1) is 23.8 Å². The molecule has 0 saturated carbocycles. The Morgan fingerprint density at radius 2 is 2.07 bits per heavy atom. The lowest BCUT2D eigenvalue weighted by Gasteiger charge is -2.11. The molecule has 0 aliphatic rings. The van der Waals surface area contributed by atoms with Gasteiger partial charge >= 0.3 is 0 Å². The van der Waals surface area contributed by atoms with Crippen LogP contribution in [0.2, 0.25) is 0 Å². The molecule has 0 fully saturated rings. The maximum Gasteiger partial charge on any atom is 0.296 e. The maximum atomic E-state index is 11.4. The first kappa shape index (κ1) is 18.1. The van der Waals surface area contributed by atoms with Crippen LogP contribution < -0.4 is 15.4 Å². The number of benzene rings is 1. The van der Waals surface area contributed by atoms with Crippen LogP contribution >= 0.6 is 0 Å². The molecule has 3 aromatic rings. The molecule has 0 radical (unpaired) electrons. The van der Waals surface area contributed by atoms with Gasteiger partial charge in [-0.15, -0.1) is 0 Å². The molecule has 138 valence electrons. The summed E-state index contributed by atoms with van der Waals surface area (Å²) < 4.78 is 5.06. The smallest absolute Gasteiger partial charge is 0.296 e. The number of aromatic nitrogens is 3. The molecule has 0 spiro atoms. The fourth-order valence-electron chi connectivity index (χ4n) is 2.44. The summed E-state index contributed by atoms with van der Waals surface area (Å²) in [6.45, 7) is 2.57. The first-order chi connectivity index (χ1) is 13.1. The molecule has 0 amide bonds. The minimum atomic E-state index is -0.473. The fraction of sp³-hybridized carbons (Fsp3) is 0.167. The first-order valence-electron chi connectivity index (χ1n) is 8.23. The van der Waals surface area contributed by atoms with Gasteiger partial charge in [-0.05, 0) is 31.2 Å². The summed E-state index contributed by atoms with van der Waals surface area (Å²) in [5, 5.41) is 17.5. The van der Waals surface area contributed by atoms with Crippen molar-refractivity contribution in [1.29, 1.82) is 0 Å². The number of rotatable bonds is 7. The standard InChI is InChI=1S/C18H18N6O3/c1-3-20-18-22-15(12-5-4-8-19-11-12)10-17(23-18)21-14-7-6-13(27-2)9-16(14)24(25)26/h4-11H,3H2,1-2H3,(H2,20,21,22,23). The lowest BCUT2D eigenvalue weighted by Crippen LogP contribution is -2.06. The molecule has 9 heteroatoms. The summed E-state index contributed by atoms with van der Waals surface area (Å²) in [4.78, 5) is 23.9. The van der Waals surface area contributed by atoms with Gasteiger partial charge in [0, 0.05) is 30.6 Å². The Morgan fingerprint density at radius 1 is 1.22 bits per heavy atom. The van der Waals surface area contributed by atoms with Gasteiger partial charge < -0.3 is 15.4 Å². The predicted octanol–water partition coefficient (Wildman–Crippen LogP) is 3.63. The van der Waals surface area contributed by atoms with Gasteiger partial charge in [0.2, 0.25) is 5.95 Å². The zero-order valence-corrected chi connectivity index (χ0v) is 14.8. The van der Waals surface area contributed by atoms with Crippen molar-refractivity contribution in [1.82, 2.24) is 15.0 Å². The normalized spacial score (nSPS) is 10.3. The largest absolute Gasteiger partial charge is 0.496 e. The molecule has 0 atom stereocenters. The van der Waals surface area contributed by atoms with E-state index in [-0.39, 0.29) is 5.69 Å². The minimum absolute atomic E-state index is 0.110. The summed E-state index contributed by atoms with van der Waals surface area (Å²) in [5.74, 6) is 1.24. The lowest BCUT2D eigenvalue weighted by molar-refractivity contribution is -0.384. The fourth-order valence-corrected chi connectivity index (χ4v) is 2.44. The molecule has 2 aromatic heterocycles. The average Bonchev–Trinajstić information content (AvgIpc) is 2.69. The molecule has 3 rings (SSSR count). The van der Waals surface area contributed by atoms with Crippen molar-refractivity contribution < 1.29 is 9.66 Å². The number of nitro benzene ring substituents is 1. The number of ether oxygens (including phenoxy) is 1. The van der Waals surface area contributed by atoms with E-state index < -0.39 is 4.92 Å². The second-order valence-corrected chi connectivity index (χ2v) is 5.50. The third-order valence-electron chi connectivity index (χ3n) is 3.68. The molecule has 0 aliphatic carbocycles. The zero-order chi connectivity index (χ0) is 19.2. The van der Waals surface area contributed by atoms with Crippen molar-refractivity contribution in [2.24, 2.45) is 0 Å². The average molecular weight is 366 g/mol. The zero-order valence-electron chi connectivity index (χ0n) is 14.8. The first-order valence-corrected chi connectivity index (χ1v) is 8.23. The van der Waals surface area contributed by atoms with Gasteiger partial charge in [0.1, 0.15) is 17.3 Å². The molecule has 2 N–H and O–H groups in total. The van der Waals surface area contributed by atoms with Crippen LogP contribution in [-0.2, 0) is 0 Å². The van der Waals surface area contributed by atoms with Crippen molar-refractivity contribution in [3.05, 3.63) is 58.9 Å². The Hall–Kier alpha value is -3.75. The van der Waals surface area contributed by atoms with Crippen LogP contribution in [0, 0.1) is 10.1 Å². The Labute approximate surface area is 155 Å². The second kappa shape index (κ2) is 8.09. The van der Waals surface area contributed by atoms with E-state index in [0.29, 0.717) is 35.4 Å². The Bertz CT molecular complexity index is 949.